The van der Waals surface area contributed by atoms with Gasteiger partial charge in [0, 0.05) is 0 Å². The summed E-state index contributed by atoms with van der Waals surface area (Å²) >= 11 is 0. The molecule has 0 aliphatic rings. The molecule has 0 rings (SSSR count). The largest absolute Gasteiger partial charge is 0.0917 e. The fraction of sp³-hybridized carbons (Fsp3) is 0.895. The Morgan fingerprint density at radius 2 is 1.63 bits per heavy atom. The summed E-state index contributed by atoms with van der Waals surface area (Å²) in [5.74, 6) is 1.70. The van der Waals surface area contributed by atoms with Crippen LogP contribution in [0.2, 0.25) is 0 Å². The fourth-order valence-corrected chi connectivity index (χ4v) is 3.19. The van der Waals surface area contributed by atoms with Crippen molar-refractivity contribution in [2.45, 2.75) is 92.9 Å². The minimum Gasteiger partial charge on any atom is -0.0917 e. The van der Waals surface area contributed by atoms with Gasteiger partial charge in [-0.25, -0.2) is 0 Å². The Kier molecular flexibility index (Phi) is 10.4. The van der Waals surface area contributed by atoms with Gasteiger partial charge in [0.1, 0.15) is 0 Å². The smallest absolute Gasteiger partial charge is 0.0298 e. The van der Waals surface area contributed by atoms with Crippen LogP contribution < -0.4 is 0 Å². The summed E-state index contributed by atoms with van der Waals surface area (Å²) in [7, 11) is 0. The zero-order valence-electron chi connectivity index (χ0n) is 14.5. The van der Waals surface area contributed by atoms with Crippen LogP contribution in [0.1, 0.15) is 92.9 Å². The Labute approximate surface area is 123 Å². The van der Waals surface area contributed by atoms with Crippen LogP contribution in [0.5, 0.6) is 0 Å². The molecule has 0 aliphatic heterocycles. The third kappa shape index (κ3) is 7.18. The maximum absolute atomic E-state index is 2.55. The second-order valence-corrected chi connectivity index (χ2v) is 6.75. The molecular formula is C19H38. The van der Waals surface area contributed by atoms with Crippen LogP contribution in [0.4, 0.5) is 0 Å². The minimum atomic E-state index is 0.548. The lowest BCUT2D eigenvalue weighted by Crippen LogP contribution is -2.30. The molecule has 0 amide bonds. The molecule has 0 N–H and O–H groups in total. The molecule has 0 spiro atoms. The van der Waals surface area contributed by atoms with E-state index >= 15 is 0 Å². The molecule has 19 heavy (non-hydrogen) atoms. The van der Waals surface area contributed by atoms with Crippen molar-refractivity contribution >= 4 is 0 Å². The third-order valence-electron chi connectivity index (χ3n) is 5.30. The number of hydrogen-bond acceptors (Lipinski definition) is 0. The van der Waals surface area contributed by atoms with Crippen molar-refractivity contribution in [2.75, 3.05) is 0 Å². The summed E-state index contributed by atoms with van der Waals surface area (Å²) in [6.45, 7) is 14.3. The highest BCUT2D eigenvalue weighted by Crippen LogP contribution is 2.42. The van der Waals surface area contributed by atoms with E-state index in [0.717, 1.165) is 11.8 Å². The Hall–Kier alpha value is -0.260. The highest BCUT2D eigenvalue weighted by Gasteiger charge is 2.32. The minimum absolute atomic E-state index is 0.548. The van der Waals surface area contributed by atoms with Crippen molar-refractivity contribution in [3.8, 4) is 0 Å². The van der Waals surface area contributed by atoms with Crippen molar-refractivity contribution in [1.82, 2.24) is 0 Å². The van der Waals surface area contributed by atoms with Crippen molar-refractivity contribution in [2.24, 2.45) is 17.3 Å². The molecule has 0 aromatic carbocycles. The van der Waals surface area contributed by atoms with Gasteiger partial charge >= 0.3 is 0 Å². The maximum atomic E-state index is 2.55. The van der Waals surface area contributed by atoms with Gasteiger partial charge in [0.05, 0.1) is 0 Å². The van der Waals surface area contributed by atoms with Gasteiger partial charge in [-0.2, -0.15) is 0 Å². The summed E-state index contributed by atoms with van der Waals surface area (Å²) in [6, 6.07) is 0. The second kappa shape index (κ2) is 10.5. The summed E-state index contributed by atoms with van der Waals surface area (Å²) < 4.78 is 0. The van der Waals surface area contributed by atoms with Gasteiger partial charge in [0.25, 0.3) is 0 Å². The Bertz CT molecular complexity index is 228. The third-order valence-corrected chi connectivity index (χ3v) is 5.30. The van der Waals surface area contributed by atoms with Crippen LogP contribution in [0.25, 0.3) is 0 Å². The molecule has 0 radical (unpaired) electrons. The summed E-state index contributed by atoms with van der Waals surface area (Å²) in [6.07, 6.45) is 15.4. The maximum Gasteiger partial charge on any atom is -0.0298 e. The molecule has 0 nitrogen and oxygen atoms in total. The van der Waals surface area contributed by atoms with Crippen LogP contribution >= 0.6 is 0 Å². The number of hydrogen-bond donors (Lipinski definition) is 0. The van der Waals surface area contributed by atoms with E-state index in [9.17, 15) is 0 Å². The second-order valence-electron chi connectivity index (χ2n) is 6.75. The first kappa shape index (κ1) is 18.7. The van der Waals surface area contributed by atoms with E-state index in [1.807, 2.05) is 0 Å². The number of rotatable bonds is 11. The molecule has 0 saturated heterocycles. The molecular weight excluding hydrogens is 228 g/mol. The molecule has 0 heterocycles. The lowest BCUT2D eigenvalue weighted by molar-refractivity contribution is 0.109. The predicted octanol–water partition coefficient (Wildman–Crippen LogP) is 7.00. The zero-order chi connectivity index (χ0) is 14.7. The van der Waals surface area contributed by atoms with Gasteiger partial charge in [-0.15, -0.1) is 0 Å². The van der Waals surface area contributed by atoms with E-state index in [4.69, 9.17) is 0 Å². The lowest BCUT2D eigenvalue weighted by atomic mass is 9.66. The molecule has 0 heteroatoms. The van der Waals surface area contributed by atoms with Gasteiger partial charge in [-0.1, -0.05) is 72.5 Å². The van der Waals surface area contributed by atoms with Crippen molar-refractivity contribution in [3.05, 3.63) is 12.2 Å². The van der Waals surface area contributed by atoms with E-state index in [1.54, 1.807) is 0 Å². The van der Waals surface area contributed by atoms with Crippen molar-refractivity contribution in [1.29, 1.82) is 0 Å². The standard InChI is InChI=1S/C19H38/c1-7-10-12-14-16-19(6,15-13-11-8-2)18(5)17(4)9-3/h7,10,17-18H,8-9,11-16H2,1-6H3. The monoisotopic (exact) mass is 266 g/mol. The Morgan fingerprint density at radius 1 is 1.00 bits per heavy atom. The highest BCUT2D eigenvalue weighted by atomic mass is 14.4. The average Bonchev–Trinajstić information content (AvgIpc) is 2.42. The first-order valence-electron chi connectivity index (χ1n) is 8.63. The van der Waals surface area contributed by atoms with Gasteiger partial charge in [0.15, 0.2) is 0 Å². The Morgan fingerprint density at radius 3 is 2.16 bits per heavy atom. The van der Waals surface area contributed by atoms with E-state index in [2.05, 4.69) is 53.7 Å². The van der Waals surface area contributed by atoms with Gasteiger partial charge in [-0.3, -0.25) is 0 Å². The van der Waals surface area contributed by atoms with Crippen LogP contribution in [0.3, 0.4) is 0 Å². The van der Waals surface area contributed by atoms with Gasteiger partial charge < -0.3 is 0 Å². The normalized spacial score (nSPS) is 18.4. The zero-order valence-corrected chi connectivity index (χ0v) is 14.5. The van der Waals surface area contributed by atoms with Crippen LogP contribution in [-0.4, -0.2) is 0 Å². The summed E-state index contributed by atoms with van der Waals surface area (Å²) in [5, 5.41) is 0. The summed E-state index contributed by atoms with van der Waals surface area (Å²) in [4.78, 5) is 0. The first-order valence-corrected chi connectivity index (χ1v) is 8.63. The van der Waals surface area contributed by atoms with E-state index in [1.165, 1.54) is 51.4 Å². The Balaban J connectivity index is 4.50. The molecule has 3 unspecified atom stereocenters. The fourth-order valence-electron chi connectivity index (χ4n) is 3.19. The first-order chi connectivity index (χ1) is 9.01. The number of allylic oxidation sites excluding steroid dienone is 2. The van der Waals surface area contributed by atoms with Gasteiger partial charge in [-0.05, 0) is 49.9 Å². The molecule has 0 fully saturated rings. The molecule has 3 atom stereocenters. The van der Waals surface area contributed by atoms with E-state index < -0.39 is 0 Å². The summed E-state index contributed by atoms with van der Waals surface area (Å²) in [5.41, 5.74) is 0.548. The van der Waals surface area contributed by atoms with Crippen LogP contribution in [0, 0.1) is 17.3 Å². The van der Waals surface area contributed by atoms with Crippen LogP contribution in [0.15, 0.2) is 12.2 Å². The lowest BCUT2D eigenvalue weighted by Gasteiger charge is -2.39. The van der Waals surface area contributed by atoms with Gasteiger partial charge in [0.2, 0.25) is 0 Å². The van der Waals surface area contributed by atoms with E-state index in [-0.39, 0.29) is 0 Å². The quantitative estimate of drug-likeness (QED) is 0.279. The van der Waals surface area contributed by atoms with Crippen molar-refractivity contribution < 1.29 is 0 Å². The topological polar surface area (TPSA) is 0 Å². The molecule has 0 saturated carbocycles. The molecule has 0 aliphatic carbocycles. The molecule has 0 bridgehead atoms. The molecule has 0 aromatic rings. The van der Waals surface area contributed by atoms with Crippen LogP contribution in [-0.2, 0) is 0 Å². The molecule has 114 valence electrons. The SMILES string of the molecule is CC=CCCCC(C)(CCCCC)C(C)C(C)CC. The average molecular weight is 267 g/mol. The van der Waals surface area contributed by atoms with Crippen molar-refractivity contribution in [3.63, 3.8) is 0 Å². The predicted molar refractivity (Wildman–Crippen MR) is 89.5 cm³/mol. The van der Waals surface area contributed by atoms with E-state index in [0.29, 0.717) is 5.41 Å². The highest BCUT2D eigenvalue weighted by molar-refractivity contribution is 4.85. The number of unbranched alkanes of at least 4 members (excludes halogenated alkanes) is 3. The molecule has 0 aromatic heterocycles.